The predicted octanol–water partition coefficient (Wildman–Crippen LogP) is 2.87. The highest BCUT2D eigenvalue weighted by Gasteiger charge is 2.42. The van der Waals surface area contributed by atoms with E-state index >= 15 is 0 Å². The molecule has 0 radical (unpaired) electrons. The van der Waals surface area contributed by atoms with E-state index in [9.17, 15) is 10.1 Å². The molecule has 0 heterocycles. The highest BCUT2D eigenvalue weighted by molar-refractivity contribution is 6.30. The summed E-state index contributed by atoms with van der Waals surface area (Å²) in [4.78, 5) is 12.0. The van der Waals surface area contributed by atoms with E-state index in [2.05, 4.69) is 16.7 Å². The molecule has 1 aromatic carbocycles. The van der Waals surface area contributed by atoms with E-state index in [0.717, 1.165) is 24.1 Å². The summed E-state index contributed by atoms with van der Waals surface area (Å²) in [6, 6.07) is 7.70. The molecule has 106 valence electrons. The molecule has 20 heavy (non-hydrogen) atoms. The lowest BCUT2D eigenvalue weighted by molar-refractivity contribution is -0.120. The highest BCUT2D eigenvalue weighted by Crippen LogP contribution is 2.39. The number of benzene rings is 1. The fraction of sp³-hybridized carbons (Fsp3) is 0.467. The van der Waals surface area contributed by atoms with Crippen LogP contribution >= 0.6 is 11.6 Å². The number of hydrogen-bond donors (Lipinski definition) is 2. The van der Waals surface area contributed by atoms with Crippen LogP contribution in [0.1, 0.15) is 25.3 Å². The van der Waals surface area contributed by atoms with Gasteiger partial charge in [-0.15, -0.1) is 0 Å². The molecule has 2 rings (SSSR count). The maximum absolute atomic E-state index is 12.0. The van der Waals surface area contributed by atoms with Crippen molar-refractivity contribution in [1.29, 1.82) is 5.26 Å². The summed E-state index contributed by atoms with van der Waals surface area (Å²) in [7, 11) is 0. The van der Waals surface area contributed by atoms with Gasteiger partial charge in [-0.1, -0.05) is 17.7 Å². The average molecular weight is 292 g/mol. The molecular weight excluding hydrogens is 274 g/mol. The van der Waals surface area contributed by atoms with Crippen molar-refractivity contribution in [3.05, 3.63) is 28.8 Å². The Kier molecular flexibility index (Phi) is 4.20. The quantitative estimate of drug-likeness (QED) is 0.877. The minimum atomic E-state index is -0.748. The average Bonchev–Trinajstić information content (AvgIpc) is 3.24. The topological polar surface area (TPSA) is 64.9 Å². The Morgan fingerprint density at radius 2 is 2.25 bits per heavy atom. The lowest BCUT2D eigenvalue weighted by Gasteiger charge is -2.23. The molecule has 1 amide bonds. The molecule has 1 unspecified atom stereocenters. The summed E-state index contributed by atoms with van der Waals surface area (Å²) in [5.74, 6) is 0.102. The Bertz CT molecular complexity index is 563. The van der Waals surface area contributed by atoms with Crippen LogP contribution in [0, 0.1) is 24.2 Å². The Morgan fingerprint density at radius 3 is 2.85 bits per heavy atom. The van der Waals surface area contributed by atoms with Crippen molar-refractivity contribution in [2.24, 2.45) is 5.92 Å². The Morgan fingerprint density at radius 1 is 1.55 bits per heavy atom. The number of anilines is 1. The second-order valence-corrected chi connectivity index (χ2v) is 5.89. The lowest BCUT2D eigenvalue weighted by atomic mass is 9.98. The van der Waals surface area contributed by atoms with Crippen LogP contribution in [0.15, 0.2) is 18.2 Å². The molecule has 0 aromatic heterocycles. The smallest absolute Gasteiger partial charge is 0.240 e. The molecule has 2 N–H and O–H groups in total. The summed E-state index contributed by atoms with van der Waals surface area (Å²) in [6.07, 6.45) is 2.01. The normalized spacial score (nSPS) is 16.9. The number of nitriles is 1. The SMILES string of the molecule is Cc1ccc(Cl)cc1NCC(=O)NC(C)(C#N)C1CC1. The van der Waals surface area contributed by atoms with E-state index < -0.39 is 5.54 Å². The largest absolute Gasteiger partial charge is 0.376 e. The molecular formula is C15H18ClN3O. The summed E-state index contributed by atoms with van der Waals surface area (Å²) in [5, 5.41) is 15.7. The van der Waals surface area contributed by atoms with Crippen LogP contribution in [0.5, 0.6) is 0 Å². The molecule has 1 fully saturated rings. The van der Waals surface area contributed by atoms with Gasteiger partial charge in [-0.2, -0.15) is 5.26 Å². The van der Waals surface area contributed by atoms with Crippen LogP contribution < -0.4 is 10.6 Å². The molecule has 1 atom stereocenters. The number of carbonyl (C=O) groups excluding carboxylic acids is 1. The number of amides is 1. The number of halogens is 1. The Hall–Kier alpha value is -1.73. The van der Waals surface area contributed by atoms with Gasteiger partial charge in [-0.05, 0) is 50.3 Å². The fourth-order valence-corrected chi connectivity index (χ4v) is 2.35. The molecule has 1 aromatic rings. The molecule has 0 saturated heterocycles. The van der Waals surface area contributed by atoms with E-state index in [-0.39, 0.29) is 18.4 Å². The first-order valence-corrected chi connectivity index (χ1v) is 7.04. The maximum Gasteiger partial charge on any atom is 0.240 e. The van der Waals surface area contributed by atoms with Gasteiger partial charge in [-0.3, -0.25) is 4.79 Å². The van der Waals surface area contributed by atoms with Gasteiger partial charge in [0.05, 0.1) is 12.6 Å². The summed E-state index contributed by atoms with van der Waals surface area (Å²) in [6.45, 7) is 3.86. The predicted molar refractivity (Wildman–Crippen MR) is 79.6 cm³/mol. The lowest BCUT2D eigenvalue weighted by Crippen LogP contribution is -2.48. The third-order valence-electron chi connectivity index (χ3n) is 3.66. The molecule has 0 aliphatic heterocycles. The van der Waals surface area contributed by atoms with Crippen LogP contribution in [0.3, 0.4) is 0 Å². The van der Waals surface area contributed by atoms with Gasteiger partial charge in [0.1, 0.15) is 5.54 Å². The van der Waals surface area contributed by atoms with Gasteiger partial charge < -0.3 is 10.6 Å². The van der Waals surface area contributed by atoms with E-state index in [1.54, 1.807) is 13.0 Å². The number of rotatable bonds is 5. The van der Waals surface area contributed by atoms with Crippen molar-refractivity contribution in [2.45, 2.75) is 32.2 Å². The van der Waals surface area contributed by atoms with E-state index in [1.165, 1.54) is 0 Å². The highest BCUT2D eigenvalue weighted by atomic mass is 35.5. The number of nitrogens with zero attached hydrogens (tertiary/aromatic N) is 1. The monoisotopic (exact) mass is 291 g/mol. The number of aryl methyl sites for hydroxylation is 1. The van der Waals surface area contributed by atoms with Crippen LogP contribution in [0.4, 0.5) is 5.69 Å². The summed E-state index contributed by atoms with van der Waals surface area (Å²) in [5.41, 5.74) is 1.10. The van der Waals surface area contributed by atoms with Crippen LogP contribution in [0.2, 0.25) is 5.02 Å². The van der Waals surface area contributed by atoms with Crippen molar-refractivity contribution in [1.82, 2.24) is 5.32 Å². The minimum absolute atomic E-state index is 0.130. The van der Waals surface area contributed by atoms with Gasteiger partial charge in [0.2, 0.25) is 5.91 Å². The van der Waals surface area contributed by atoms with Gasteiger partial charge in [0, 0.05) is 10.7 Å². The first kappa shape index (κ1) is 14.7. The van der Waals surface area contributed by atoms with Gasteiger partial charge >= 0.3 is 0 Å². The maximum atomic E-state index is 12.0. The third-order valence-corrected chi connectivity index (χ3v) is 3.90. The molecule has 1 aliphatic rings. The minimum Gasteiger partial charge on any atom is -0.376 e. The molecule has 1 aliphatic carbocycles. The number of carbonyl (C=O) groups is 1. The first-order valence-electron chi connectivity index (χ1n) is 6.67. The second kappa shape index (κ2) is 5.72. The van der Waals surface area contributed by atoms with E-state index in [4.69, 9.17) is 11.6 Å². The second-order valence-electron chi connectivity index (χ2n) is 5.45. The first-order chi connectivity index (χ1) is 9.44. The van der Waals surface area contributed by atoms with Gasteiger partial charge in [-0.25, -0.2) is 0 Å². The third kappa shape index (κ3) is 3.43. The summed E-state index contributed by atoms with van der Waals surface area (Å²) >= 11 is 5.93. The molecule has 4 nitrogen and oxygen atoms in total. The van der Waals surface area contributed by atoms with E-state index in [0.29, 0.717) is 5.02 Å². The van der Waals surface area contributed by atoms with Crippen LogP contribution in [-0.4, -0.2) is 18.0 Å². The molecule has 5 heteroatoms. The summed E-state index contributed by atoms with van der Waals surface area (Å²) < 4.78 is 0. The molecule has 1 saturated carbocycles. The van der Waals surface area contributed by atoms with Crippen LogP contribution in [-0.2, 0) is 4.79 Å². The van der Waals surface area contributed by atoms with Crippen molar-refractivity contribution < 1.29 is 4.79 Å². The zero-order chi connectivity index (χ0) is 14.8. The van der Waals surface area contributed by atoms with Crippen LogP contribution in [0.25, 0.3) is 0 Å². The Labute approximate surface area is 124 Å². The molecule has 0 bridgehead atoms. The number of hydrogen-bond acceptors (Lipinski definition) is 3. The fourth-order valence-electron chi connectivity index (χ4n) is 2.18. The number of nitrogens with one attached hydrogen (secondary N) is 2. The van der Waals surface area contributed by atoms with E-state index in [1.807, 2.05) is 19.1 Å². The van der Waals surface area contributed by atoms with Gasteiger partial charge in [0.15, 0.2) is 0 Å². The standard InChI is InChI=1S/C15H18ClN3O/c1-10-3-6-12(16)7-13(10)18-8-14(20)19-15(2,9-17)11-4-5-11/h3,6-7,11,18H,4-5,8H2,1-2H3,(H,19,20). The zero-order valence-electron chi connectivity index (χ0n) is 11.7. The Balaban J connectivity index is 1.92. The zero-order valence-corrected chi connectivity index (χ0v) is 12.4. The van der Waals surface area contributed by atoms with Gasteiger partial charge in [0.25, 0.3) is 0 Å². The van der Waals surface area contributed by atoms with Crippen molar-refractivity contribution in [3.8, 4) is 6.07 Å². The molecule has 0 spiro atoms. The van der Waals surface area contributed by atoms with Crippen molar-refractivity contribution >= 4 is 23.2 Å². The van der Waals surface area contributed by atoms with Crippen molar-refractivity contribution in [2.75, 3.05) is 11.9 Å². The van der Waals surface area contributed by atoms with Crippen molar-refractivity contribution in [3.63, 3.8) is 0 Å².